The highest BCUT2D eigenvalue weighted by atomic mass is 32.2. The molecule has 1 amide bonds. The van der Waals surface area contributed by atoms with Gasteiger partial charge in [-0.3, -0.25) is 4.79 Å². The van der Waals surface area contributed by atoms with Gasteiger partial charge in [0.1, 0.15) is 12.4 Å². The second-order valence-corrected chi connectivity index (χ2v) is 10.3. The van der Waals surface area contributed by atoms with Crippen molar-refractivity contribution in [2.24, 2.45) is 0 Å². The largest absolute Gasteiger partial charge is 0.377 e. The molecular weight excluding hydrogens is 462 g/mol. The van der Waals surface area contributed by atoms with Crippen LogP contribution in [0, 0.1) is 0 Å². The molecule has 0 atom stereocenters. The Kier molecular flexibility index (Phi) is 7.63. The van der Waals surface area contributed by atoms with Crippen LogP contribution in [-0.2, 0) is 27.9 Å². The number of unbranched alkanes of at least 4 members (excludes halogenated alkanes) is 1. The molecule has 1 heterocycles. The van der Waals surface area contributed by atoms with Gasteiger partial charge in [0, 0.05) is 19.2 Å². The number of aromatic nitrogens is 2. The van der Waals surface area contributed by atoms with Crippen molar-refractivity contribution in [3.05, 3.63) is 89.7 Å². The van der Waals surface area contributed by atoms with Gasteiger partial charge in [-0.1, -0.05) is 67.9 Å². The van der Waals surface area contributed by atoms with Crippen molar-refractivity contribution in [3.8, 4) is 11.1 Å². The van der Waals surface area contributed by atoms with Crippen LogP contribution in [0.15, 0.2) is 72.8 Å². The number of hydrogen-bond donors (Lipinski definition) is 1. The van der Waals surface area contributed by atoms with Crippen LogP contribution >= 0.6 is 0 Å². The number of benzene rings is 3. The van der Waals surface area contributed by atoms with E-state index in [1.807, 2.05) is 29.7 Å². The summed E-state index contributed by atoms with van der Waals surface area (Å²) in [6.07, 6.45) is 1.23. The minimum absolute atomic E-state index is 0.0770. The Morgan fingerprint density at radius 2 is 1.71 bits per heavy atom. The van der Waals surface area contributed by atoms with Gasteiger partial charge in [0.25, 0.3) is 5.91 Å². The smallest absolute Gasteiger partial charge is 0.264 e. The van der Waals surface area contributed by atoms with Crippen molar-refractivity contribution >= 4 is 27.0 Å². The van der Waals surface area contributed by atoms with Gasteiger partial charge >= 0.3 is 0 Å². The van der Waals surface area contributed by atoms with Crippen LogP contribution < -0.4 is 4.72 Å². The Morgan fingerprint density at radius 3 is 2.40 bits per heavy atom. The Labute approximate surface area is 205 Å². The second-order valence-electron chi connectivity index (χ2n) is 8.42. The molecule has 0 radical (unpaired) electrons. The van der Waals surface area contributed by atoms with E-state index in [9.17, 15) is 13.2 Å². The molecule has 0 saturated carbocycles. The molecule has 0 saturated heterocycles. The molecule has 0 fully saturated rings. The van der Waals surface area contributed by atoms with E-state index in [0.717, 1.165) is 34.5 Å². The maximum atomic E-state index is 12.7. The van der Waals surface area contributed by atoms with E-state index in [1.54, 1.807) is 25.3 Å². The Balaban J connectivity index is 1.63. The summed E-state index contributed by atoms with van der Waals surface area (Å²) in [5, 5.41) is 0. The third kappa shape index (κ3) is 5.96. The highest BCUT2D eigenvalue weighted by Gasteiger charge is 2.18. The van der Waals surface area contributed by atoms with Crippen molar-refractivity contribution < 1.29 is 17.9 Å². The fraction of sp³-hybridized carbons (Fsp3) is 0.259. The summed E-state index contributed by atoms with van der Waals surface area (Å²) in [4.78, 5) is 17.4. The number of carbonyl (C=O) groups excluding carboxylic acids is 1. The number of sulfonamides is 1. The maximum absolute atomic E-state index is 12.7. The van der Waals surface area contributed by atoms with Gasteiger partial charge in [-0.15, -0.1) is 0 Å². The molecule has 1 aromatic heterocycles. The molecule has 4 rings (SSSR count). The van der Waals surface area contributed by atoms with Gasteiger partial charge in [-0.25, -0.2) is 18.1 Å². The lowest BCUT2D eigenvalue weighted by molar-refractivity contribution is 0.0981. The number of amides is 1. The minimum Gasteiger partial charge on any atom is -0.377 e. The molecule has 0 spiro atoms. The lowest BCUT2D eigenvalue weighted by atomic mass is 10.0. The maximum Gasteiger partial charge on any atom is 0.264 e. The molecule has 0 unspecified atom stereocenters. The van der Waals surface area contributed by atoms with Crippen molar-refractivity contribution in [3.63, 3.8) is 0 Å². The van der Waals surface area contributed by atoms with Gasteiger partial charge in [-0.05, 0) is 41.3 Å². The van der Waals surface area contributed by atoms with Crippen LogP contribution in [0.5, 0.6) is 0 Å². The minimum atomic E-state index is -3.68. The summed E-state index contributed by atoms with van der Waals surface area (Å²) < 4.78 is 33.9. The fourth-order valence-electron chi connectivity index (χ4n) is 3.93. The van der Waals surface area contributed by atoms with E-state index in [4.69, 9.17) is 4.74 Å². The summed E-state index contributed by atoms with van der Waals surface area (Å²) in [7, 11) is -2.07. The standard InChI is InChI=1S/C27H29N3O4S/c1-3-4-16-35(32,33)29-27(31)23-14-15-24-25(17-23)30(26(28-24)19-34-2)18-20-10-12-22(13-11-20)21-8-6-5-7-9-21/h5-15,17H,3-4,16,18-19H2,1-2H3,(H,29,31). The quantitative estimate of drug-likeness (QED) is 0.346. The van der Waals surface area contributed by atoms with Crippen molar-refractivity contribution in [2.45, 2.75) is 32.9 Å². The van der Waals surface area contributed by atoms with Gasteiger partial charge < -0.3 is 9.30 Å². The van der Waals surface area contributed by atoms with Gasteiger partial charge in [0.15, 0.2) is 0 Å². The van der Waals surface area contributed by atoms with Crippen LogP contribution in [0.3, 0.4) is 0 Å². The number of hydrogen-bond acceptors (Lipinski definition) is 5. The number of rotatable bonds is 10. The summed E-state index contributed by atoms with van der Waals surface area (Å²) in [5.41, 5.74) is 5.06. The predicted octanol–water partition coefficient (Wildman–Crippen LogP) is 4.76. The zero-order valence-electron chi connectivity index (χ0n) is 19.9. The lowest BCUT2D eigenvalue weighted by Crippen LogP contribution is -2.32. The van der Waals surface area contributed by atoms with Crippen LogP contribution in [0.2, 0.25) is 0 Å². The number of nitrogens with zero attached hydrogens (tertiary/aromatic N) is 2. The van der Waals surface area contributed by atoms with E-state index in [-0.39, 0.29) is 11.3 Å². The average molecular weight is 492 g/mol. The number of imidazole rings is 1. The van der Waals surface area contributed by atoms with Crippen molar-refractivity contribution in [1.82, 2.24) is 14.3 Å². The van der Waals surface area contributed by atoms with E-state index in [1.165, 1.54) is 0 Å². The van der Waals surface area contributed by atoms with E-state index < -0.39 is 15.9 Å². The van der Waals surface area contributed by atoms with E-state index in [0.29, 0.717) is 25.1 Å². The summed E-state index contributed by atoms with van der Waals surface area (Å²) in [6, 6.07) is 23.5. The first-order valence-electron chi connectivity index (χ1n) is 11.6. The zero-order valence-corrected chi connectivity index (χ0v) is 20.7. The second kappa shape index (κ2) is 10.8. The molecule has 7 nitrogen and oxygen atoms in total. The summed E-state index contributed by atoms with van der Waals surface area (Å²) in [5.74, 6) is 0.00542. The third-order valence-electron chi connectivity index (χ3n) is 5.78. The molecule has 182 valence electrons. The summed E-state index contributed by atoms with van der Waals surface area (Å²) in [6.45, 7) is 2.74. The molecule has 0 aliphatic rings. The first-order valence-corrected chi connectivity index (χ1v) is 13.2. The molecule has 35 heavy (non-hydrogen) atoms. The normalized spacial score (nSPS) is 11.6. The van der Waals surface area contributed by atoms with Crippen LogP contribution in [0.25, 0.3) is 22.2 Å². The van der Waals surface area contributed by atoms with Crippen LogP contribution in [0.4, 0.5) is 0 Å². The van der Waals surface area contributed by atoms with Crippen LogP contribution in [-0.4, -0.2) is 36.7 Å². The topological polar surface area (TPSA) is 90.3 Å². The first kappa shape index (κ1) is 24.6. The number of carbonyl (C=O) groups is 1. The molecule has 0 aliphatic carbocycles. The van der Waals surface area contributed by atoms with Crippen molar-refractivity contribution in [1.29, 1.82) is 0 Å². The summed E-state index contributed by atoms with van der Waals surface area (Å²) >= 11 is 0. The molecule has 0 bridgehead atoms. The highest BCUT2D eigenvalue weighted by Crippen LogP contribution is 2.23. The molecule has 1 N–H and O–H groups in total. The monoisotopic (exact) mass is 491 g/mol. The Morgan fingerprint density at radius 1 is 1.00 bits per heavy atom. The number of methoxy groups -OCH3 is 1. The third-order valence-corrected chi connectivity index (χ3v) is 7.10. The van der Waals surface area contributed by atoms with Crippen molar-refractivity contribution in [2.75, 3.05) is 12.9 Å². The lowest BCUT2D eigenvalue weighted by Gasteiger charge is -2.11. The Bertz CT molecular complexity index is 1410. The molecule has 3 aromatic carbocycles. The van der Waals surface area contributed by atoms with E-state index >= 15 is 0 Å². The van der Waals surface area contributed by atoms with Gasteiger partial charge in [-0.2, -0.15) is 0 Å². The SMILES string of the molecule is CCCCS(=O)(=O)NC(=O)c1ccc2nc(COC)n(Cc3ccc(-c4ccccc4)cc3)c2c1. The van der Waals surface area contributed by atoms with E-state index in [2.05, 4.69) is 46.1 Å². The Hall–Kier alpha value is -3.49. The molecule has 8 heteroatoms. The predicted molar refractivity (Wildman–Crippen MR) is 138 cm³/mol. The molecule has 0 aliphatic heterocycles. The number of ether oxygens (including phenoxy) is 1. The van der Waals surface area contributed by atoms with Gasteiger partial charge in [0.2, 0.25) is 10.0 Å². The average Bonchev–Trinajstić information content (AvgIpc) is 3.20. The van der Waals surface area contributed by atoms with Crippen LogP contribution in [0.1, 0.15) is 41.5 Å². The number of nitrogens with one attached hydrogen (secondary N) is 1. The fourth-order valence-corrected chi connectivity index (χ4v) is 5.10. The zero-order chi connectivity index (χ0) is 24.8. The number of fused-ring (bicyclic) bond motifs is 1. The van der Waals surface area contributed by atoms with Gasteiger partial charge in [0.05, 0.1) is 16.8 Å². The highest BCUT2D eigenvalue weighted by molar-refractivity contribution is 7.90. The molecular formula is C27H29N3O4S. The first-order chi connectivity index (χ1) is 16.9. The molecule has 4 aromatic rings.